The molecule has 0 aliphatic carbocycles. The fourth-order valence-corrected chi connectivity index (χ4v) is 7.77. The molecule has 0 spiro atoms. The van der Waals surface area contributed by atoms with Gasteiger partial charge in [0.05, 0.1) is 52.3 Å². The molecule has 4 heterocycles. The number of pyridine rings is 1. The summed E-state index contributed by atoms with van der Waals surface area (Å²) in [6.45, 7) is 10.6. The van der Waals surface area contributed by atoms with Gasteiger partial charge in [-0.2, -0.15) is 0 Å². The largest absolute Gasteiger partial charge is 0.494 e. The van der Waals surface area contributed by atoms with Gasteiger partial charge in [0.25, 0.3) is 5.69 Å². The Bertz CT molecular complexity index is 1750. The summed E-state index contributed by atoms with van der Waals surface area (Å²) in [6, 6.07) is 18.4. The van der Waals surface area contributed by atoms with Crippen molar-refractivity contribution in [2.24, 2.45) is 11.8 Å². The van der Waals surface area contributed by atoms with Crippen LogP contribution in [0.1, 0.15) is 55.0 Å². The van der Waals surface area contributed by atoms with Gasteiger partial charge in [-0.15, -0.1) is 0 Å². The van der Waals surface area contributed by atoms with Gasteiger partial charge in [-0.3, -0.25) is 15.1 Å². The van der Waals surface area contributed by atoms with Crippen molar-refractivity contribution in [1.29, 1.82) is 0 Å². The van der Waals surface area contributed by atoms with Gasteiger partial charge in [0.15, 0.2) is 5.11 Å². The molecule has 2 saturated heterocycles. The lowest BCUT2D eigenvalue weighted by Crippen LogP contribution is -2.38. The molecule has 0 unspecified atom stereocenters. The number of halogens is 1. The summed E-state index contributed by atoms with van der Waals surface area (Å²) in [5.74, 6) is 1.63. The molecule has 0 saturated carbocycles. The molecule has 0 bridgehead atoms. The van der Waals surface area contributed by atoms with E-state index < -0.39 is 4.92 Å². The molecule has 2 aliphatic heterocycles. The third kappa shape index (κ3) is 5.73. The van der Waals surface area contributed by atoms with Crippen molar-refractivity contribution in [2.75, 3.05) is 30.0 Å². The molecule has 1 N–H and O–H groups in total. The average molecular weight is 645 g/mol. The van der Waals surface area contributed by atoms with Crippen LogP contribution in [0, 0.1) is 35.8 Å². The summed E-state index contributed by atoms with van der Waals surface area (Å²) in [6.07, 6.45) is 3.01. The number of piperidine rings is 1. The first-order valence-electron chi connectivity index (χ1n) is 15.1. The van der Waals surface area contributed by atoms with Crippen LogP contribution in [0.4, 0.5) is 17.1 Å². The number of benzene rings is 2. The van der Waals surface area contributed by atoms with E-state index in [4.69, 9.17) is 33.5 Å². The van der Waals surface area contributed by atoms with Gasteiger partial charge in [-0.25, -0.2) is 0 Å². The molecule has 2 aliphatic rings. The quantitative estimate of drug-likeness (QED) is 0.124. The molecular formula is C34H37ClN6O3S. The fourth-order valence-electron chi connectivity index (χ4n) is 7.13. The highest BCUT2D eigenvalue weighted by molar-refractivity contribution is 7.80. The van der Waals surface area contributed by atoms with E-state index in [0.29, 0.717) is 27.7 Å². The van der Waals surface area contributed by atoms with Gasteiger partial charge in [0.1, 0.15) is 5.75 Å². The second kappa shape index (κ2) is 12.3. The number of ether oxygens (including phenoxy) is 1. The van der Waals surface area contributed by atoms with E-state index in [9.17, 15) is 10.1 Å². The number of nitrogens with zero attached hydrogens (tertiary/aromatic N) is 5. The fraction of sp³-hybridized carbons (Fsp3) is 0.353. The summed E-state index contributed by atoms with van der Waals surface area (Å²) in [7, 11) is 1.52. The first-order chi connectivity index (χ1) is 21.6. The number of rotatable bonds is 7. The van der Waals surface area contributed by atoms with Gasteiger partial charge >= 0.3 is 0 Å². The van der Waals surface area contributed by atoms with E-state index in [1.807, 2.05) is 38.1 Å². The molecular weight excluding hydrogens is 608 g/mol. The molecule has 45 heavy (non-hydrogen) atoms. The minimum atomic E-state index is -0.420. The number of nitro groups is 1. The first-order valence-corrected chi connectivity index (χ1v) is 15.9. The maximum absolute atomic E-state index is 11.5. The number of hydrogen-bond acceptors (Lipinski definition) is 6. The first kappa shape index (κ1) is 30.9. The molecule has 2 aromatic carbocycles. The Kier molecular flexibility index (Phi) is 8.45. The number of non-ortho nitro benzene ring substituents is 1. The summed E-state index contributed by atoms with van der Waals surface area (Å²) < 4.78 is 7.69. The molecule has 0 radical (unpaired) electrons. The van der Waals surface area contributed by atoms with Crippen molar-refractivity contribution >= 4 is 46.0 Å². The normalized spacial score (nSPS) is 21.6. The second-order valence-corrected chi connectivity index (χ2v) is 13.1. The lowest BCUT2D eigenvalue weighted by molar-refractivity contribution is -0.384. The van der Waals surface area contributed by atoms with Crippen molar-refractivity contribution < 1.29 is 9.66 Å². The third-order valence-electron chi connectivity index (χ3n) is 8.92. The summed E-state index contributed by atoms with van der Waals surface area (Å²) >= 11 is 13.0. The van der Waals surface area contributed by atoms with Crippen LogP contribution < -0.4 is 19.9 Å². The zero-order valence-corrected chi connectivity index (χ0v) is 27.6. The standard InChI is InChI=1S/C34H37ClN6O3S/c1-20-14-21(2)19-38(18-20)29-11-9-24(16-27(29)35)40-33(32(37-34(40)45)28-8-6-7-13-36-28)26-15-22(3)39(23(26)4)30-12-10-25(41(42)43)17-31(30)44-5/h6-13,15-17,20-21,32-33H,14,18-19H2,1-5H3,(H,37,45)/t20-,21+,32-,33+/m0/s1. The summed E-state index contributed by atoms with van der Waals surface area (Å²) in [5.41, 5.74) is 6.43. The van der Waals surface area contributed by atoms with E-state index in [0.717, 1.165) is 52.8 Å². The maximum Gasteiger partial charge on any atom is 0.273 e. The Balaban J connectivity index is 1.45. The van der Waals surface area contributed by atoms with E-state index in [1.165, 1.54) is 25.7 Å². The summed E-state index contributed by atoms with van der Waals surface area (Å²) in [4.78, 5) is 20.3. The number of aryl methyl sites for hydroxylation is 1. The van der Waals surface area contributed by atoms with Gasteiger partial charge in [-0.1, -0.05) is 31.5 Å². The number of anilines is 2. The Hall–Kier alpha value is -4.15. The number of aromatic nitrogens is 2. The molecule has 0 amide bonds. The van der Waals surface area contributed by atoms with Gasteiger partial charge in [0.2, 0.25) is 0 Å². The van der Waals surface area contributed by atoms with Crippen molar-refractivity contribution in [3.8, 4) is 11.4 Å². The summed E-state index contributed by atoms with van der Waals surface area (Å²) in [5, 5.41) is 16.3. The van der Waals surface area contributed by atoms with Crippen LogP contribution >= 0.6 is 23.8 Å². The van der Waals surface area contributed by atoms with E-state index >= 15 is 0 Å². The van der Waals surface area contributed by atoms with Gasteiger partial charge < -0.3 is 24.4 Å². The zero-order chi connectivity index (χ0) is 32.0. The van der Waals surface area contributed by atoms with Crippen molar-refractivity contribution in [3.63, 3.8) is 0 Å². The number of hydrogen-bond donors (Lipinski definition) is 1. The van der Waals surface area contributed by atoms with Gasteiger partial charge in [-0.05, 0) is 92.4 Å². The molecule has 4 atom stereocenters. The van der Waals surface area contributed by atoms with Crippen molar-refractivity contribution in [3.05, 3.63) is 105 Å². The van der Waals surface area contributed by atoms with Crippen molar-refractivity contribution in [1.82, 2.24) is 14.9 Å². The van der Waals surface area contributed by atoms with Crippen molar-refractivity contribution in [2.45, 2.75) is 46.2 Å². The highest BCUT2D eigenvalue weighted by Gasteiger charge is 2.42. The number of thiocarbonyl (C=S) groups is 1. The molecule has 9 nitrogen and oxygen atoms in total. The second-order valence-electron chi connectivity index (χ2n) is 12.3. The lowest BCUT2D eigenvalue weighted by Gasteiger charge is -2.37. The van der Waals surface area contributed by atoms with Gasteiger partial charge in [0, 0.05) is 42.4 Å². The molecule has 2 aromatic heterocycles. The number of nitro benzene ring substituents is 1. The van der Waals surface area contributed by atoms with Crippen LogP contribution in [-0.4, -0.2) is 39.8 Å². The van der Waals surface area contributed by atoms with Crippen LogP contribution in [-0.2, 0) is 0 Å². The van der Waals surface area contributed by atoms with Crippen LogP contribution in [0.2, 0.25) is 5.02 Å². The highest BCUT2D eigenvalue weighted by atomic mass is 35.5. The van der Waals surface area contributed by atoms with Crippen LogP contribution in [0.25, 0.3) is 5.69 Å². The van der Waals surface area contributed by atoms with Crippen LogP contribution in [0.5, 0.6) is 5.75 Å². The third-order valence-corrected chi connectivity index (χ3v) is 9.54. The molecule has 234 valence electrons. The van der Waals surface area contributed by atoms with E-state index in [1.54, 1.807) is 12.3 Å². The SMILES string of the molecule is COc1cc([N+](=O)[O-])ccc1-n1c(C)cc([C@@H]2[C@H](c3ccccn3)NC(=S)N2c2ccc(N3C[C@H](C)C[C@H](C)C3)c(Cl)c2)c1C. The predicted molar refractivity (Wildman–Crippen MR) is 183 cm³/mol. The smallest absolute Gasteiger partial charge is 0.273 e. The highest BCUT2D eigenvalue weighted by Crippen LogP contribution is 2.46. The molecule has 6 rings (SSSR count). The van der Waals surface area contributed by atoms with Crippen LogP contribution in [0.3, 0.4) is 0 Å². The molecule has 2 fully saturated rings. The monoisotopic (exact) mass is 644 g/mol. The molecule has 11 heteroatoms. The minimum Gasteiger partial charge on any atom is -0.494 e. The lowest BCUT2D eigenvalue weighted by atomic mass is 9.91. The Labute approximate surface area is 273 Å². The Morgan fingerprint density at radius 2 is 1.78 bits per heavy atom. The topological polar surface area (TPSA) is 88.7 Å². The molecule has 4 aromatic rings. The maximum atomic E-state index is 11.5. The predicted octanol–water partition coefficient (Wildman–Crippen LogP) is 7.72. The average Bonchev–Trinajstić information content (AvgIpc) is 3.50. The Morgan fingerprint density at radius 3 is 2.42 bits per heavy atom. The minimum absolute atomic E-state index is 0.0289. The number of methoxy groups -OCH3 is 1. The zero-order valence-electron chi connectivity index (χ0n) is 26.0. The van der Waals surface area contributed by atoms with E-state index in [-0.39, 0.29) is 17.8 Å². The van der Waals surface area contributed by atoms with Crippen LogP contribution in [0.15, 0.2) is 66.9 Å². The number of nitrogens with one attached hydrogen (secondary N) is 1. The Morgan fingerprint density at radius 1 is 1.04 bits per heavy atom. The van der Waals surface area contributed by atoms with E-state index in [2.05, 4.69) is 51.7 Å².